The van der Waals surface area contributed by atoms with Gasteiger partial charge in [-0.2, -0.15) is 5.26 Å². The molecule has 0 aliphatic heterocycles. The van der Waals surface area contributed by atoms with E-state index in [1.54, 1.807) is 25.2 Å². The van der Waals surface area contributed by atoms with E-state index in [0.29, 0.717) is 15.7 Å². The van der Waals surface area contributed by atoms with Crippen LogP contribution in [0, 0.1) is 21.4 Å². The third-order valence-electron chi connectivity index (χ3n) is 3.14. The summed E-state index contributed by atoms with van der Waals surface area (Å²) < 4.78 is 0. The zero-order valence-electron chi connectivity index (χ0n) is 12.9. The van der Waals surface area contributed by atoms with Gasteiger partial charge in [0.2, 0.25) is 11.6 Å². The second kappa shape index (κ2) is 7.79. The number of nitro groups is 1. The molecule has 1 N–H and O–H groups in total. The zero-order valence-corrected chi connectivity index (χ0v) is 14.4. The van der Waals surface area contributed by atoms with E-state index < -0.39 is 4.92 Å². The minimum Gasteiger partial charge on any atom is -0.350 e. The third-order valence-corrected chi connectivity index (χ3v) is 3.88. The summed E-state index contributed by atoms with van der Waals surface area (Å²) in [7, 11) is 1.57. The number of nitrogens with zero attached hydrogens (tertiary/aromatic N) is 4. The van der Waals surface area contributed by atoms with Gasteiger partial charge >= 0.3 is 5.69 Å². The van der Waals surface area contributed by atoms with Crippen LogP contribution in [-0.4, -0.2) is 29.4 Å². The number of carbonyl (C=O) groups is 1. The highest BCUT2D eigenvalue weighted by molar-refractivity contribution is 6.42. The van der Waals surface area contributed by atoms with Gasteiger partial charge in [0.1, 0.15) is 11.9 Å². The number of hydrogen-bond acceptors (Lipinski definition) is 6. The molecule has 25 heavy (non-hydrogen) atoms. The van der Waals surface area contributed by atoms with E-state index in [0.717, 1.165) is 0 Å². The lowest BCUT2D eigenvalue weighted by atomic mass is 10.3. The van der Waals surface area contributed by atoms with Crippen molar-refractivity contribution in [2.75, 3.05) is 23.8 Å². The van der Waals surface area contributed by atoms with Crippen LogP contribution in [0.4, 0.5) is 17.2 Å². The van der Waals surface area contributed by atoms with E-state index in [2.05, 4.69) is 10.3 Å². The van der Waals surface area contributed by atoms with Gasteiger partial charge in [0.15, 0.2) is 0 Å². The Labute approximate surface area is 152 Å². The summed E-state index contributed by atoms with van der Waals surface area (Å²) in [6, 6.07) is 8.88. The number of carbonyl (C=O) groups excluding carboxylic acids is 1. The Kier molecular flexibility index (Phi) is 5.75. The van der Waals surface area contributed by atoms with Crippen molar-refractivity contribution >= 4 is 46.3 Å². The van der Waals surface area contributed by atoms with E-state index in [1.165, 1.54) is 23.1 Å². The molecule has 0 unspecified atom stereocenters. The molecule has 0 aliphatic rings. The van der Waals surface area contributed by atoms with Crippen LogP contribution < -0.4 is 10.2 Å². The van der Waals surface area contributed by atoms with Crippen LogP contribution in [0.15, 0.2) is 30.3 Å². The fourth-order valence-electron chi connectivity index (χ4n) is 1.95. The molecule has 2 rings (SSSR count). The predicted molar refractivity (Wildman–Crippen MR) is 94.0 cm³/mol. The molecule has 0 bridgehead atoms. The molecule has 0 atom stereocenters. The van der Waals surface area contributed by atoms with Gasteiger partial charge in [0.05, 0.1) is 21.5 Å². The van der Waals surface area contributed by atoms with Crippen LogP contribution in [0.5, 0.6) is 0 Å². The first-order chi connectivity index (χ1) is 11.8. The molecule has 1 heterocycles. The molecule has 1 aromatic carbocycles. The molecule has 0 saturated heterocycles. The summed E-state index contributed by atoms with van der Waals surface area (Å²) in [5.41, 5.74) is -0.235. The molecule has 0 radical (unpaired) electrons. The van der Waals surface area contributed by atoms with E-state index in [1.807, 2.05) is 0 Å². The van der Waals surface area contributed by atoms with Crippen molar-refractivity contribution in [2.45, 2.75) is 0 Å². The van der Waals surface area contributed by atoms with E-state index >= 15 is 0 Å². The minimum absolute atomic E-state index is 0.0874. The number of rotatable bonds is 5. The number of nitrogens with one attached hydrogen (secondary N) is 1. The van der Waals surface area contributed by atoms with E-state index in [4.69, 9.17) is 28.5 Å². The van der Waals surface area contributed by atoms with Crippen molar-refractivity contribution in [1.82, 2.24) is 4.98 Å². The molecule has 0 spiro atoms. The number of amides is 1. The van der Waals surface area contributed by atoms with Crippen molar-refractivity contribution in [2.24, 2.45) is 0 Å². The lowest BCUT2D eigenvalue weighted by Gasteiger charge is -2.17. The number of benzene rings is 1. The number of hydrogen-bond donors (Lipinski definition) is 1. The quantitative estimate of drug-likeness (QED) is 0.630. The van der Waals surface area contributed by atoms with Crippen LogP contribution in [0.2, 0.25) is 10.0 Å². The molecule has 0 fully saturated rings. The largest absolute Gasteiger partial charge is 0.350 e. The normalized spacial score (nSPS) is 10.0. The molecule has 2 aromatic rings. The number of pyridine rings is 1. The van der Waals surface area contributed by atoms with Crippen molar-refractivity contribution in [3.63, 3.8) is 0 Å². The molecule has 0 aliphatic carbocycles. The van der Waals surface area contributed by atoms with Gasteiger partial charge in [-0.25, -0.2) is 4.98 Å². The van der Waals surface area contributed by atoms with E-state index in [9.17, 15) is 14.9 Å². The van der Waals surface area contributed by atoms with Crippen LogP contribution in [0.25, 0.3) is 0 Å². The topological polar surface area (TPSA) is 112 Å². The van der Waals surface area contributed by atoms with Gasteiger partial charge in [0, 0.05) is 18.8 Å². The summed E-state index contributed by atoms with van der Waals surface area (Å²) in [6.07, 6.45) is 0. The van der Waals surface area contributed by atoms with Crippen molar-refractivity contribution in [3.05, 3.63) is 56.2 Å². The number of anilines is 2. The Morgan fingerprint density at radius 2 is 2.08 bits per heavy atom. The third kappa shape index (κ3) is 4.56. The first-order valence-corrected chi connectivity index (χ1v) is 7.59. The van der Waals surface area contributed by atoms with Gasteiger partial charge in [-0.15, -0.1) is 0 Å². The average molecular weight is 380 g/mol. The summed E-state index contributed by atoms with van der Waals surface area (Å²) >= 11 is 11.7. The molecule has 10 heteroatoms. The molecule has 0 saturated carbocycles. The molecule has 128 valence electrons. The lowest BCUT2D eigenvalue weighted by molar-refractivity contribution is -0.385. The first-order valence-electron chi connectivity index (χ1n) is 6.83. The smallest absolute Gasteiger partial charge is 0.305 e. The highest BCUT2D eigenvalue weighted by Crippen LogP contribution is 2.25. The molecule has 1 amide bonds. The van der Waals surface area contributed by atoms with E-state index in [-0.39, 0.29) is 29.7 Å². The lowest BCUT2D eigenvalue weighted by Crippen LogP contribution is -2.30. The van der Waals surface area contributed by atoms with Crippen molar-refractivity contribution < 1.29 is 9.72 Å². The second-order valence-electron chi connectivity index (χ2n) is 4.94. The number of aromatic nitrogens is 1. The number of halogens is 2. The maximum atomic E-state index is 12.1. The van der Waals surface area contributed by atoms with Crippen LogP contribution >= 0.6 is 23.2 Å². The first kappa shape index (κ1) is 18.4. The Hall–Kier alpha value is -2.89. The minimum atomic E-state index is -0.688. The monoisotopic (exact) mass is 379 g/mol. The average Bonchev–Trinajstić information content (AvgIpc) is 2.57. The summed E-state index contributed by atoms with van der Waals surface area (Å²) in [5, 5.41) is 23.1. The zero-order chi connectivity index (χ0) is 18.6. The molecular formula is C15H11Cl2N5O3. The second-order valence-corrected chi connectivity index (χ2v) is 5.75. The fourth-order valence-corrected chi connectivity index (χ4v) is 2.25. The van der Waals surface area contributed by atoms with Crippen molar-refractivity contribution in [3.8, 4) is 6.07 Å². The molecular weight excluding hydrogens is 369 g/mol. The highest BCUT2D eigenvalue weighted by Gasteiger charge is 2.18. The van der Waals surface area contributed by atoms with Gasteiger partial charge in [-0.05, 0) is 24.3 Å². The number of nitriles is 1. The maximum absolute atomic E-state index is 12.1. The Bertz CT molecular complexity index is 882. The van der Waals surface area contributed by atoms with Crippen molar-refractivity contribution in [1.29, 1.82) is 5.26 Å². The highest BCUT2D eigenvalue weighted by atomic mass is 35.5. The van der Waals surface area contributed by atoms with Gasteiger partial charge in [0.25, 0.3) is 0 Å². The van der Waals surface area contributed by atoms with Gasteiger partial charge < -0.3 is 10.2 Å². The predicted octanol–water partition coefficient (Wildman–Crippen LogP) is 3.24. The summed E-state index contributed by atoms with van der Waals surface area (Å²) in [5.74, 6) is -0.106. The van der Waals surface area contributed by atoms with Crippen LogP contribution in [-0.2, 0) is 4.79 Å². The SMILES string of the molecule is CN(CC(=O)Nc1ccc(Cl)c(Cl)c1)c1ccc([N+](=O)[O-])c(C#N)n1. The van der Waals surface area contributed by atoms with Gasteiger partial charge in [-0.3, -0.25) is 14.9 Å². The Morgan fingerprint density at radius 1 is 1.36 bits per heavy atom. The Morgan fingerprint density at radius 3 is 2.68 bits per heavy atom. The standard InChI is InChI=1S/C15H11Cl2N5O3/c1-21(14-5-4-13(22(24)25)12(7-18)20-14)8-15(23)19-9-2-3-10(16)11(17)6-9/h2-6H,8H2,1H3,(H,19,23). The van der Waals surface area contributed by atoms with Gasteiger partial charge in [-0.1, -0.05) is 23.2 Å². The fraction of sp³-hybridized carbons (Fsp3) is 0.133. The summed E-state index contributed by atoms with van der Waals surface area (Å²) in [4.78, 5) is 27.6. The van der Waals surface area contributed by atoms with Crippen LogP contribution in [0.1, 0.15) is 5.69 Å². The Balaban J connectivity index is 2.09. The molecule has 8 nitrogen and oxygen atoms in total. The van der Waals surface area contributed by atoms with Crippen LogP contribution in [0.3, 0.4) is 0 Å². The maximum Gasteiger partial charge on any atom is 0.305 e. The summed E-state index contributed by atoms with van der Waals surface area (Å²) in [6.45, 7) is -0.0874. The molecule has 1 aromatic heterocycles. The number of likely N-dealkylation sites (N-methyl/N-ethyl adjacent to an activating group) is 1.